The number of ketones is 4. The summed E-state index contributed by atoms with van der Waals surface area (Å²) in [6.45, 7) is 15.6. The van der Waals surface area contributed by atoms with Crippen LogP contribution >= 0.6 is 27.3 Å². The number of anilines is 8. The van der Waals surface area contributed by atoms with Gasteiger partial charge in [-0.2, -0.15) is 4.98 Å². The van der Waals surface area contributed by atoms with E-state index in [0.29, 0.717) is 54.8 Å². The fourth-order valence-corrected chi connectivity index (χ4v) is 10.5. The van der Waals surface area contributed by atoms with Crippen LogP contribution in [0.2, 0.25) is 0 Å². The van der Waals surface area contributed by atoms with Gasteiger partial charge in [0.2, 0.25) is 11.9 Å². The second-order valence-electron chi connectivity index (χ2n) is 24.0. The van der Waals surface area contributed by atoms with Crippen LogP contribution in [-0.4, -0.2) is 58.9 Å². The monoisotopic (exact) mass is 1340 g/mol. The minimum Gasteiger partial charge on any atom is -0.423 e. The molecule has 17 heteroatoms. The van der Waals surface area contributed by atoms with Crippen molar-refractivity contribution in [2.75, 3.05) is 27.1 Å². The highest BCUT2D eigenvalue weighted by Crippen LogP contribution is 2.29. The molecule has 0 radical (unpaired) electrons. The smallest absolute Gasteiger partial charge is 0.300 e. The highest BCUT2D eigenvalue weighted by molar-refractivity contribution is 9.08. The van der Waals surface area contributed by atoms with E-state index in [1.807, 2.05) is 213 Å². The van der Waals surface area contributed by atoms with Crippen molar-refractivity contribution in [1.29, 1.82) is 0 Å². The van der Waals surface area contributed by atoms with Gasteiger partial charge in [-0.3, -0.25) is 19.2 Å². The number of nitrogens with zero attached hydrogens (tertiary/aromatic N) is 4. The number of fused-ring (bicyclic) bond motifs is 4. The molecule has 486 valence electrons. The van der Waals surface area contributed by atoms with Crippen molar-refractivity contribution in [2.45, 2.75) is 107 Å². The zero-order valence-corrected chi connectivity index (χ0v) is 57.5. The second-order valence-corrected chi connectivity index (χ2v) is 25.0. The number of hydrogen-bond acceptors (Lipinski definition) is 14. The van der Waals surface area contributed by atoms with Gasteiger partial charge >= 0.3 is 0 Å². The molecule has 12 aromatic rings. The molecule has 4 heterocycles. The number of carbonyl (C=O) groups is 4. The lowest BCUT2D eigenvalue weighted by atomic mass is 10.0. The summed E-state index contributed by atoms with van der Waals surface area (Å²) < 4.78 is 6.82. The molecule has 15 nitrogen and oxygen atoms in total. The van der Waals surface area contributed by atoms with Crippen LogP contribution in [0.3, 0.4) is 0 Å². The first-order valence-corrected chi connectivity index (χ1v) is 34.4. The maximum absolute atomic E-state index is 11.7. The number of halogens is 1. The number of Topliss-reactive ketones (excluding diaryl/α,β-unsaturated/α-hetero) is 4. The normalized spacial score (nSPS) is 10.9. The molecule has 0 aliphatic carbocycles. The van der Waals surface area contributed by atoms with E-state index in [0.717, 1.165) is 110 Å². The quantitative estimate of drug-likeness (QED) is 0.0311. The molecule has 12 rings (SSSR count). The van der Waals surface area contributed by atoms with Gasteiger partial charge in [0.15, 0.2) is 10.7 Å². The van der Waals surface area contributed by atoms with Crippen molar-refractivity contribution >= 4 is 140 Å². The number of thiazole rings is 1. The molecular formula is C77H85BrN10O5S. The molecule has 0 amide bonds. The van der Waals surface area contributed by atoms with Crippen molar-refractivity contribution in [3.05, 3.63) is 216 Å². The van der Waals surface area contributed by atoms with Gasteiger partial charge in [0, 0.05) is 72.1 Å². The molecule has 0 bridgehead atoms. The lowest BCUT2D eigenvalue weighted by Crippen LogP contribution is -2.07. The molecule has 0 aliphatic heterocycles. The molecule has 0 saturated carbocycles. The molecule has 0 atom stereocenters. The summed E-state index contributed by atoms with van der Waals surface area (Å²) >= 11 is 4.58. The molecular weight excluding hydrogens is 1260 g/mol. The van der Waals surface area contributed by atoms with Gasteiger partial charge in [-0.15, -0.1) is 0 Å². The number of para-hydroxylation sites is 7. The summed E-state index contributed by atoms with van der Waals surface area (Å²) in [6, 6.07) is 64.7. The zero-order chi connectivity index (χ0) is 66.9. The van der Waals surface area contributed by atoms with Crippen LogP contribution in [0, 0.1) is 23.7 Å². The standard InChI is InChI=1S/2C19H21N3O.C19H20N2O2.C19H20N2OS.CH3Br/c2*1-13(2)18(23)12-9-14-7-10-15(11-8-14)20-19-21-16-5-3-4-6-17(16)22-19;2*1-13(2)17(22)12-9-14-7-10-15(11-8-14)20-19-21-16-5-3-4-6-18(16)23-19;1-2/h2*3-8,10-11,13H,9,12H2,1-2H3,(H2,20,21,22);2*3-8,10-11,13H,9,12H2,1-2H3,(H,20,21);1H3. The number of alkyl halides is 1. The number of aromatic nitrogens is 6. The number of rotatable bonds is 24. The lowest BCUT2D eigenvalue weighted by Gasteiger charge is -2.06. The number of oxazole rings is 1. The van der Waals surface area contributed by atoms with Crippen molar-refractivity contribution in [3.8, 4) is 0 Å². The number of benzene rings is 8. The number of nitrogens with one attached hydrogen (secondary N) is 6. The van der Waals surface area contributed by atoms with E-state index >= 15 is 0 Å². The number of aryl methyl sites for hydroxylation is 4. The van der Waals surface area contributed by atoms with E-state index in [2.05, 4.69) is 110 Å². The summed E-state index contributed by atoms with van der Waals surface area (Å²) in [5, 5.41) is 13.9. The first-order chi connectivity index (χ1) is 45.5. The van der Waals surface area contributed by atoms with Gasteiger partial charge in [0.25, 0.3) is 6.01 Å². The zero-order valence-electron chi connectivity index (χ0n) is 55.1. The molecule has 0 saturated heterocycles. The van der Waals surface area contributed by atoms with E-state index in [9.17, 15) is 19.2 Å². The third kappa shape index (κ3) is 21.8. The van der Waals surface area contributed by atoms with E-state index in [-0.39, 0.29) is 23.7 Å². The Kier molecular flexibility index (Phi) is 26.5. The predicted octanol–water partition coefficient (Wildman–Crippen LogP) is 19.9. The average molecular weight is 1340 g/mol. The van der Waals surface area contributed by atoms with Gasteiger partial charge in [-0.1, -0.05) is 180 Å². The number of aromatic amines is 2. The Morgan fingerprint density at radius 1 is 0.383 bits per heavy atom. The predicted molar refractivity (Wildman–Crippen MR) is 392 cm³/mol. The Bertz CT molecular complexity index is 3650. The Morgan fingerprint density at radius 3 is 1.07 bits per heavy atom. The first-order valence-electron chi connectivity index (χ1n) is 32.0. The SMILES string of the molecule is CBr.CC(C)C(=O)CCc1ccc(Nc2nc3ccccc3[nH]2)cc1.CC(C)C(=O)CCc1ccc(Nc2nc3ccccc3[nH]2)cc1.CC(C)C(=O)CCc1ccc(Nc2nc3ccccc3o2)cc1.CC(C)C(=O)CCc1ccc(Nc2nc3ccccc3s2)cc1. The van der Waals surface area contributed by atoms with Crippen LogP contribution < -0.4 is 21.3 Å². The number of imidazole rings is 2. The first kappa shape index (κ1) is 70.3. The summed E-state index contributed by atoms with van der Waals surface area (Å²) in [5.41, 5.74) is 15.1. The third-order valence-corrected chi connectivity index (χ3v) is 16.4. The Hall–Kier alpha value is -9.58. The Morgan fingerprint density at radius 2 is 0.713 bits per heavy atom. The highest BCUT2D eigenvalue weighted by Gasteiger charge is 2.13. The Labute approximate surface area is 563 Å². The molecule has 0 fully saturated rings. The number of hydrogen-bond donors (Lipinski definition) is 6. The number of carbonyl (C=O) groups excluding carboxylic acids is 4. The van der Waals surface area contributed by atoms with Crippen LogP contribution in [0.1, 0.15) is 103 Å². The summed E-state index contributed by atoms with van der Waals surface area (Å²) in [6.07, 6.45) is 5.59. The summed E-state index contributed by atoms with van der Waals surface area (Å²) in [4.78, 5) is 71.2. The van der Waals surface area contributed by atoms with Crippen molar-refractivity contribution < 1.29 is 23.6 Å². The number of H-pyrrole nitrogens is 2. The van der Waals surface area contributed by atoms with Crippen LogP contribution in [0.4, 0.5) is 45.8 Å². The van der Waals surface area contributed by atoms with Crippen LogP contribution in [0.15, 0.2) is 199 Å². The van der Waals surface area contributed by atoms with Crippen LogP contribution in [-0.2, 0) is 44.9 Å². The minimum atomic E-state index is 0.107. The van der Waals surface area contributed by atoms with Gasteiger partial charge in [0.1, 0.15) is 28.6 Å². The van der Waals surface area contributed by atoms with E-state index in [1.165, 1.54) is 21.4 Å². The van der Waals surface area contributed by atoms with Gasteiger partial charge < -0.3 is 35.7 Å². The van der Waals surface area contributed by atoms with Gasteiger partial charge in [0.05, 0.1) is 32.3 Å². The van der Waals surface area contributed by atoms with Crippen molar-refractivity contribution in [2.24, 2.45) is 23.7 Å². The van der Waals surface area contributed by atoms with Crippen LogP contribution in [0.5, 0.6) is 0 Å². The van der Waals surface area contributed by atoms with E-state index in [4.69, 9.17) is 4.42 Å². The van der Waals surface area contributed by atoms with Crippen molar-refractivity contribution in [3.63, 3.8) is 0 Å². The van der Waals surface area contributed by atoms with E-state index in [1.54, 1.807) is 11.3 Å². The van der Waals surface area contributed by atoms with Crippen molar-refractivity contribution in [1.82, 2.24) is 29.9 Å². The third-order valence-electron chi connectivity index (χ3n) is 15.4. The minimum absolute atomic E-state index is 0.107. The second kappa shape index (κ2) is 35.5. The summed E-state index contributed by atoms with van der Waals surface area (Å²) in [5.74, 6) is 4.98. The highest BCUT2D eigenvalue weighted by atomic mass is 79.9. The lowest BCUT2D eigenvalue weighted by molar-refractivity contribution is -0.122. The largest absolute Gasteiger partial charge is 0.423 e. The van der Waals surface area contributed by atoms with Crippen LogP contribution in [0.25, 0.3) is 43.4 Å². The molecule has 0 spiro atoms. The van der Waals surface area contributed by atoms with E-state index < -0.39 is 0 Å². The average Bonchev–Trinajstić information content (AvgIpc) is 1.75. The fourth-order valence-electron chi connectivity index (χ4n) is 9.64. The maximum Gasteiger partial charge on any atom is 0.300 e. The van der Waals surface area contributed by atoms with Gasteiger partial charge in [-0.25, -0.2) is 15.0 Å². The molecule has 0 unspecified atom stereocenters. The molecule has 0 aliphatic rings. The fraction of sp³-hybridized carbons (Fsp3) is 0.273. The molecule has 8 aromatic carbocycles. The van der Waals surface area contributed by atoms with Gasteiger partial charge in [-0.05, 0) is 151 Å². The molecule has 4 aromatic heterocycles. The molecule has 6 N–H and O–H groups in total. The topological polar surface area (TPSA) is 213 Å². The maximum atomic E-state index is 11.7. The summed E-state index contributed by atoms with van der Waals surface area (Å²) in [7, 11) is 0. The Balaban J connectivity index is 0.000000159. The molecule has 94 heavy (non-hydrogen) atoms.